The van der Waals surface area contributed by atoms with Gasteiger partial charge in [-0.1, -0.05) is 48.5 Å². The molecule has 2 heteroatoms. The first kappa shape index (κ1) is 13.7. The summed E-state index contributed by atoms with van der Waals surface area (Å²) in [6, 6.07) is 18.0. The van der Waals surface area contributed by atoms with Gasteiger partial charge in [0.2, 0.25) is 0 Å². The van der Waals surface area contributed by atoms with Crippen LogP contribution in [0.25, 0.3) is 21.5 Å². The van der Waals surface area contributed by atoms with E-state index in [1.165, 1.54) is 47.2 Å². The Morgan fingerprint density at radius 2 is 1.45 bits per heavy atom. The number of hydrogen-bond acceptors (Lipinski definition) is 1. The molecule has 0 amide bonds. The maximum Gasteiger partial charge on any atom is -0.0102 e. The van der Waals surface area contributed by atoms with Crippen molar-refractivity contribution in [3.8, 4) is 0 Å². The van der Waals surface area contributed by atoms with Crippen LogP contribution >= 0.6 is 0 Å². The second-order valence-corrected chi connectivity index (χ2v) is 5.29. The largest absolute Gasteiger partial charge is 0.0616 e. The first-order valence-corrected chi connectivity index (χ1v) is 9.86. The van der Waals surface area contributed by atoms with E-state index in [9.17, 15) is 0 Å². The van der Waals surface area contributed by atoms with Crippen LogP contribution in [0.1, 0.15) is 24.0 Å². The Labute approximate surface area is 128 Å². The molecule has 0 radical (unpaired) electrons. The summed E-state index contributed by atoms with van der Waals surface area (Å²) in [5.74, 6) is 0. The average Bonchev–Trinajstić information content (AvgIpc) is 2.56. The maximum atomic E-state index is 4.69. The third kappa shape index (κ3) is 2.25. The van der Waals surface area contributed by atoms with Crippen molar-refractivity contribution >= 4 is 38.3 Å². The summed E-state index contributed by atoms with van der Waals surface area (Å²) in [7, 11) is 0. The normalized spacial score (nSPS) is 13.8. The van der Waals surface area contributed by atoms with Crippen LogP contribution in [0.4, 0.5) is 0 Å². The average molecular weight is 324 g/mol. The Hall–Kier alpha value is -1.32. The van der Waals surface area contributed by atoms with Gasteiger partial charge < -0.3 is 0 Å². The molecule has 0 aromatic heterocycles. The number of nitrogens with two attached hydrogens (primary N) is 1. The fraction of sp³-hybridized carbons (Fsp3) is 0.222. The van der Waals surface area contributed by atoms with Gasteiger partial charge in [-0.2, -0.15) is 0 Å². The molecule has 0 atom stereocenters. The van der Waals surface area contributed by atoms with Crippen LogP contribution in [0.3, 0.4) is 0 Å². The van der Waals surface area contributed by atoms with E-state index in [1.807, 2.05) is 0 Å². The fourth-order valence-corrected chi connectivity index (χ4v) is 3.34. The summed E-state index contributed by atoms with van der Waals surface area (Å²) < 4.78 is 4.69. The van der Waals surface area contributed by atoms with Crippen LogP contribution in [0.5, 0.6) is 0 Å². The van der Waals surface area contributed by atoms with Crippen molar-refractivity contribution in [2.75, 3.05) is 0 Å². The smallest absolute Gasteiger partial charge is 0.0102 e. The van der Waals surface area contributed by atoms with E-state index in [-0.39, 0.29) is 0 Å². The number of benzene rings is 3. The molecular formula is C18H21GeN. The van der Waals surface area contributed by atoms with Crippen LogP contribution in [0, 0.1) is 0 Å². The molecule has 0 spiro atoms. The van der Waals surface area contributed by atoms with Gasteiger partial charge in [-0.3, -0.25) is 0 Å². The van der Waals surface area contributed by atoms with E-state index < -0.39 is 0 Å². The van der Waals surface area contributed by atoms with Gasteiger partial charge in [0.05, 0.1) is 0 Å². The van der Waals surface area contributed by atoms with Gasteiger partial charge in [0.1, 0.15) is 0 Å². The Kier molecular flexibility index (Phi) is 4.08. The van der Waals surface area contributed by atoms with E-state index in [0.29, 0.717) is 16.7 Å². The molecule has 0 saturated carbocycles. The quantitative estimate of drug-likeness (QED) is 0.499. The fourth-order valence-electron chi connectivity index (χ4n) is 3.34. The van der Waals surface area contributed by atoms with Crippen LogP contribution in [0.2, 0.25) is 0 Å². The number of fused-ring (bicyclic) bond motifs is 5. The van der Waals surface area contributed by atoms with Gasteiger partial charge in [-0.15, -0.1) is 0 Å². The van der Waals surface area contributed by atoms with Crippen LogP contribution < -0.4 is 4.69 Å². The first-order valence-electron chi connectivity index (χ1n) is 7.43. The Bertz CT molecular complexity index is 749. The van der Waals surface area contributed by atoms with Gasteiger partial charge in [0.25, 0.3) is 0 Å². The van der Waals surface area contributed by atoms with Crippen molar-refractivity contribution in [2.24, 2.45) is 4.69 Å². The summed E-state index contributed by atoms with van der Waals surface area (Å²) in [6.07, 6.45) is 5.22. The van der Waals surface area contributed by atoms with Crippen LogP contribution in [-0.2, 0) is 12.8 Å². The number of hydrogen-bond donors (Lipinski definition) is 1. The zero-order chi connectivity index (χ0) is 13.9. The standard InChI is InChI=1S/C18H16.GeH5N/c1-3-7-15-13(5-1)9-11-18-16-8-4-2-6-14(16)10-12-17(15)18;1-2/h1,3,5,7,9-12H,2,4,6,8H2;2H2,1H3. The monoisotopic (exact) mass is 325 g/mol. The Morgan fingerprint density at radius 1 is 0.700 bits per heavy atom. The van der Waals surface area contributed by atoms with Crippen molar-refractivity contribution < 1.29 is 0 Å². The topological polar surface area (TPSA) is 26.0 Å². The van der Waals surface area contributed by atoms with Crippen molar-refractivity contribution in [2.45, 2.75) is 25.7 Å². The molecule has 1 aliphatic rings. The van der Waals surface area contributed by atoms with E-state index in [4.69, 9.17) is 0 Å². The molecule has 0 bridgehead atoms. The van der Waals surface area contributed by atoms with Gasteiger partial charge in [0.15, 0.2) is 0 Å². The van der Waals surface area contributed by atoms with Gasteiger partial charge >= 0.3 is 21.4 Å². The molecule has 20 heavy (non-hydrogen) atoms. The van der Waals surface area contributed by atoms with E-state index >= 15 is 0 Å². The second-order valence-electron chi connectivity index (χ2n) is 5.29. The molecule has 0 fully saturated rings. The number of rotatable bonds is 0. The minimum atomic E-state index is 0.562. The molecule has 1 aliphatic carbocycles. The van der Waals surface area contributed by atoms with Gasteiger partial charge in [-0.25, -0.2) is 0 Å². The molecule has 0 unspecified atom stereocenters. The minimum Gasteiger partial charge on any atom is -0.0616 e. The predicted octanol–water partition coefficient (Wildman–Crippen LogP) is 3.10. The van der Waals surface area contributed by atoms with Gasteiger partial charge in [-0.05, 0) is 58.4 Å². The van der Waals surface area contributed by atoms with E-state index in [2.05, 4.69) is 53.2 Å². The second kappa shape index (κ2) is 5.98. The summed E-state index contributed by atoms with van der Waals surface area (Å²) in [4.78, 5) is 0. The Balaban J connectivity index is 0.000000581. The third-order valence-electron chi connectivity index (χ3n) is 4.26. The molecular weight excluding hydrogens is 303 g/mol. The molecule has 102 valence electrons. The van der Waals surface area contributed by atoms with Crippen molar-refractivity contribution in [3.63, 3.8) is 0 Å². The molecule has 3 aromatic rings. The molecule has 3 aromatic carbocycles. The molecule has 4 rings (SSSR count). The van der Waals surface area contributed by atoms with Crippen molar-refractivity contribution in [3.05, 3.63) is 59.7 Å². The Morgan fingerprint density at radius 3 is 2.35 bits per heavy atom. The first-order chi connectivity index (χ1) is 9.93. The van der Waals surface area contributed by atoms with Crippen LogP contribution in [-0.4, -0.2) is 16.7 Å². The summed E-state index contributed by atoms with van der Waals surface area (Å²) in [6.45, 7) is 0. The van der Waals surface area contributed by atoms with Gasteiger partial charge in [0, 0.05) is 0 Å². The number of aryl methyl sites for hydroxylation is 2. The minimum absolute atomic E-state index is 0.562. The third-order valence-corrected chi connectivity index (χ3v) is 4.26. The maximum absolute atomic E-state index is 4.69. The van der Waals surface area contributed by atoms with Crippen molar-refractivity contribution in [1.82, 2.24) is 0 Å². The molecule has 0 aliphatic heterocycles. The molecule has 1 nitrogen and oxygen atoms in total. The summed E-state index contributed by atoms with van der Waals surface area (Å²) in [5, 5.41) is 5.64. The SMILES string of the molecule is [NH2][GeH3].c1ccc2c(c1)ccc1c3c(ccc12)CCCC3. The zero-order valence-electron chi connectivity index (χ0n) is 12.0. The van der Waals surface area contributed by atoms with E-state index in [0.717, 1.165) is 0 Å². The van der Waals surface area contributed by atoms with E-state index in [1.54, 1.807) is 11.1 Å². The molecule has 0 saturated heterocycles. The summed E-state index contributed by atoms with van der Waals surface area (Å²) >= 11 is 0.562. The van der Waals surface area contributed by atoms with Crippen LogP contribution in [0.15, 0.2) is 48.5 Å². The molecule has 0 heterocycles. The van der Waals surface area contributed by atoms with Crippen molar-refractivity contribution in [1.29, 1.82) is 0 Å². The summed E-state index contributed by atoms with van der Waals surface area (Å²) in [5.41, 5.74) is 3.17. The zero-order valence-corrected chi connectivity index (χ0v) is 16.2. The molecule has 2 N–H and O–H groups in total. The predicted molar refractivity (Wildman–Crippen MR) is 92.2 cm³/mol.